The van der Waals surface area contributed by atoms with Crippen LogP contribution in [-0.2, 0) is 9.59 Å². The quantitative estimate of drug-likeness (QED) is 0.484. The molecule has 1 aliphatic heterocycles. The van der Waals surface area contributed by atoms with Crippen LogP contribution in [-0.4, -0.2) is 39.7 Å². The average molecular weight is 475 g/mol. The summed E-state index contributed by atoms with van der Waals surface area (Å²) >= 11 is 0. The van der Waals surface area contributed by atoms with Crippen molar-refractivity contribution in [2.24, 2.45) is 0 Å². The van der Waals surface area contributed by atoms with Crippen molar-refractivity contribution in [3.8, 4) is 17.2 Å². The van der Waals surface area contributed by atoms with Crippen LogP contribution in [0.2, 0.25) is 0 Å². The van der Waals surface area contributed by atoms with Crippen LogP contribution in [0, 0.1) is 0 Å². The molecule has 2 amide bonds. The maximum absolute atomic E-state index is 14.1. The number of piperazine rings is 1. The topological polar surface area (TPSA) is 68.3 Å². The third-order valence-corrected chi connectivity index (χ3v) is 6.27. The fraction of sp³-hybridized carbons (Fsp3) is 0.286. The lowest BCUT2D eigenvalue weighted by molar-refractivity contribution is -0.128. The average Bonchev–Trinajstić information content (AvgIpc) is 2.89. The van der Waals surface area contributed by atoms with Crippen LogP contribution in [0.5, 0.6) is 17.2 Å². The second kappa shape index (κ2) is 10.1. The van der Waals surface area contributed by atoms with E-state index in [-0.39, 0.29) is 18.4 Å². The normalized spacial score (nSPS) is 16.0. The highest BCUT2D eigenvalue weighted by Crippen LogP contribution is 2.39. The van der Waals surface area contributed by atoms with Crippen molar-refractivity contribution in [1.82, 2.24) is 0 Å². The Bertz CT molecular complexity index is 1210. The third-order valence-electron chi connectivity index (χ3n) is 6.27. The molecule has 1 saturated heterocycles. The number of hydrogen-bond acceptors (Lipinski definition) is 5. The first-order valence-electron chi connectivity index (χ1n) is 11.5. The SMILES string of the molecule is COc1ccc(N2C(=O)CN(c3cc(OC)ccc3OC)C(=O)[C@@H]2c2ccc(C(C)C)cc2)cc1. The van der Waals surface area contributed by atoms with Crippen LogP contribution in [0.3, 0.4) is 0 Å². The molecule has 1 heterocycles. The van der Waals surface area contributed by atoms with Crippen molar-refractivity contribution >= 4 is 23.2 Å². The van der Waals surface area contributed by atoms with Crippen molar-refractivity contribution in [2.75, 3.05) is 37.7 Å². The second-order valence-electron chi connectivity index (χ2n) is 8.65. The van der Waals surface area contributed by atoms with Crippen molar-refractivity contribution in [1.29, 1.82) is 0 Å². The molecule has 3 aromatic rings. The minimum absolute atomic E-state index is 0.130. The first-order valence-corrected chi connectivity index (χ1v) is 11.5. The van der Waals surface area contributed by atoms with Gasteiger partial charge in [0.15, 0.2) is 0 Å². The van der Waals surface area contributed by atoms with Crippen molar-refractivity contribution in [2.45, 2.75) is 25.8 Å². The van der Waals surface area contributed by atoms with Gasteiger partial charge in [-0.05, 0) is 53.4 Å². The first kappa shape index (κ1) is 24.1. The van der Waals surface area contributed by atoms with E-state index in [1.165, 1.54) is 12.0 Å². The van der Waals surface area contributed by atoms with Gasteiger partial charge in [0.05, 0.1) is 27.0 Å². The predicted octanol–water partition coefficient (Wildman–Crippen LogP) is 4.96. The molecule has 1 atom stereocenters. The van der Waals surface area contributed by atoms with Gasteiger partial charge in [-0.3, -0.25) is 19.4 Å². The van der Waals surface area contributed by atoms with E-state index in [9.17, 15) is 9.59 Å². The van der Waals surface area contributed by atoms with Gasteiger partial charge < -0.3 is 14.2 Å². The molecule has 1 fully saturated rings. The monoisotopic (exact) mass is 474 g/mol. The Morgan fingerprint density at radius 3 is 2.00 bits per heavy atom. The first-order chi connectivity index (χ1) is 16.9. The molecular weight excluding hydrogens is 444 g/mol. The zero-order chi connectivity index (χ0) is 25.1. The number of carbonyl (C=O) groups is 2. The summed E-state index contributed by atoms with van der Waals surface area (Å²) in [5, 5.41) is 0. The Kier molecular flexibility index (Phi) is 6.96. The van der Waals surface area contributed by atoms with E-state index in [0.717, 1.165) is 11.1 Å². The van der Waals surface area contributed by atoms with Gasteiger partial charge in [-0.25, -0.2) is 0 Å². The van der Waals surface area contributed by atoms with E-state index in [1.807, 2.05) is 24.3 Å². The number of nitrogens with zero attached hydrogens (tertiary/aromatic N) is 2. The molecule has 7 nitrogen and oxygen atoms in total. The van der Waals surface area contributed by atoms with Crippen molar-refractivity contribution in [3.05, 3.63) is 77.9 Å². The van der Waals surface area contributed by atoms with Crippen molar-refractivity contribution < 1.29 is 23.8 Å². The van der Waals surface area contributed by atoms with E-state index in [4.69, 9.17) is 14.2 Å². The van der Waals surface area contributed by atoms with Gasteiger partial charge in [0.2, 0.25) is 5.91 Å². The predicted molar refractivity (Wildman–Crippen MR) is 136 cm³/mol. The molecule has 7 heteroatoms. The highest BCUT2D eigenvalue weighted by atomic mass is 16.5. The number of anilines is 2. The standard InChI is InChI=1S/C28H30N2O5/c1-18(2)19-6-8-20(9-7-19)27-28(32)29(24-16-23(34-4)14-15-25(24)35-5)17-26(31)30(27)21-10-12-22(33-3)13-11-21/h6-16,18,27H,17H2,1-5H3/t27-/m0/s1. The summed E-state index contributed by atoms with van der Waals surface area (Å²) in [6.45, 7) is 4.10. The Morgan fingerprint density at radius 2 is 1.43 bits per heavy atom. The number of rotatable bonds is 7. The van der Waals surface area contributed by atoms with E-state index in [1.54, 1.807) is 61.6 Å². The lowest BCUT2D eigenvalue weighted by atomic mass is 9.95. The minimum atomic E-state index is -0.846. The number of hydrogen-bond donors (Lipinski definition) is 0. The van der Waals surface area contributed by atoms with Crippen LogP contribution in [0.1, 0.15) is 36.9 Å². The lowest BCUT2D eigenvalue weighted by Gasteiger charge is -2.40. The van der Waals surface area contributed by atoms with E-state index in [0.29, 0.717) is 34.5 Å². The fourth-order valence-electron chi connectivity index (χ4n) is 4.29. The van der Waals surface area contributed by atoms with Crippen LogP contribution in [0.4, 0.5) is 11.4 Å². The van der Waals surface area contributed by atoms with Crippen LogP contribution in [0.15, 0.2) is 66.7 Å². The molecule has 0 radical (unpaired) electrons. The highest BCUT2D eigenvalue weighted by Gasteiger charge is 2.42. The Balaban J connectivity index is 1.82. The third kappa shape index (κ3) is 4.67. The molecule has 4 rings (SSSR count). The maximum atomic E-state index is 14.1. The summed E-state index contributed by atoms with van der Waals surface area (Å²) in [7, 11) is 4.68. The van der Waals surface area contributed by atoms with Gasteiger partial charge in [0.1, 0.15) is 29.8 Å². The molecular formula is C28H30N2O5. The summed E-state index contributed by atoms with van der Waals surface area (Å²) in [5.74, 6) is 1.63. The molecule has 182 valence electrons. The molecule has 35 heavy (non-hydrogen) atoms. The summed E-state index contributed by atoms with van der Waals surface area (Å²) in [5.41, 5.74) is 3.00. The molecule has 3 aromatic carbocycles. The summed E-state index contributed by atoms with van der Waals surface area (Å²) < 4.78 is 16.1. The van der Waals surface area contributed by atoms with E-state index < -0.39 is 6.04 Å². The van der Waals surface area contributed by atoms with Crippen molar-refractivity contribution in [3.63, 3.8) is 0 Å². The summed E-state index contributed by atoms with van der Waals surface area (Å²) in [6.07, 6.45) is 0. The number of amides is 2. The van der Waals surface area contributed by atoms with Gasteiger partial charge in [-0.15, -0.1) is 0 Å². The van der Waals surface area contributed by atoms with Gasteiger partial charge >= 0.3 is 0 Å². The van der Waals surface area contributed by atoms with Crippen LogP contribution in [0.25, 0.3) is 0 Å². The largest absolute Gasteiger partial charge is 0.497 e. The smallest absolute Gasteiger partial charge is 0.255 e. The highest BCUT2D eigenvalue weighted by molar-refractivity contribution is 6.15. The van der Waals surface area contributed by atoms with Gasteiger partial charge in [-0.2, -0.15) is 0 Å². The Labute approximate surface area is 205 Å². The zero-order valence-corrected chi connectivity index (χ0v) is 20.6. The number of ether oxygens (including phenoxy) is 3. The van der Waals surface area contributed by atoms with Gasteiger partial charge in [0, 0.05) is 11.8 Å². The number of carbonyl (C=O) groups excluding carboxylic acids is 2. The van der Waals surface area contributed by atoms with Crippen LogP contribution < -0.4 is 24.0 Å². The number of benzene rings is 3. The molecule has 0 saturated carbocycles. The summed E-state index contributed by atoms with van der Waals surface area (Å²) in [6, 6.07) is 19.4. The molecule has 0 spiro atoms. The molecule has 0 unspecified atom stereocenters. The maximum Gasteiger partial charge on any atom is 0.255 e. The summed E-state index contributed by atoms with van der Waals surface area (Å²) in [4.78, 5) is 30.7. The molecule has 0 aliphatic carbocycles. The van der Waals surface area contributed by atoms with Crippen LogP contribution >= 0.6 is 0 Å². The second-order valence-corrected chi connectivity index (χ2v) is 8.65. The molecule has 1 aliphatic rings. The fourth-order valence-corrected chi connectivity index (χ4v) is 4.29. The zero-order valence-electron chi connectivity index (χ0n) is 20.6. The lowest BCUT2D eigenvalue weighted by Crippen LogP contribution is -2.56. The minimum Gasteiger partial charge on any atom is -0.497 e. The Morgan fingerprint density at radius 1 is 0.800 bits per heavy atom. The van der Waals surface area contributed by atoms with E-state index >= 15 is 0 Å². The molecule has 0 bridgehead atoms. The van der Waals surface area contributed by atoms with Gasteiger partial charge in [0.25, 0.3) is 5.91 Å². The number of methoxy groups -OCH3 is 3. The Hall–Kier alpha value is -4.00. The molecule has 0 N–H and O–H groups in total. The van der Waals surface area contributed by atoms with Gasteiger partial charge in [-0.1, -0.05) is 38.1 Å². The van der Waals surface area contributed by atoms with E-state index in [2.05, 4.69) is 13.8 Å². The molecule has 0 aromatic heterocycles.